The smallest absolute Gasteiger partial charge is 0.274 e. The van der Waals surface area contributed by atoms with Crippen LogP contribution in [0.5, 0.6) is 0 Å². The fourth-order valence-corrected chi connectivity index (χ4v) is 4.72. The van der Waals surface area contributed by atoms with Gasteiger partial charge in [-0.1, -0.05) is 30.3 Å². The molecule has 1 aromatic carbocycles. The minimum absolute atomic E-state index is 0.0876. The summed E-state index contributed by atoms with van der Waals surface area (Å²) in [5, 5.41) is 4.89. The van der Waals surface area contributed by atoms with Crippen molar-refractivity contribution in [1.82, 2.24) is 19.6 Å². The zero-order valence-electron chi connectivity index (χ0n) is 17.8. The van der Waals surface area contributed by atoms with E-state index < -0.39 is 0 Å². The van der Waals surface area contributed by atoms with Crippen molar-refractivity contribution in [3.63, 3.8) is 0 Å². The third-order valence-corrected chi connectivity index (χ3v) is 6.61. The number of amides is 1. The molecule has 2 aromatic rings. The Morgan fingerprint density at radius 2 is 1.90 bits per heavy atom. The number of rotatable bonds is 7. The largest absolute Gasteiger partial charge is 0.378 e. The molecule has 3 heterocycles. The van der Waals surface area contributed by atoms with Gasteiger partial charge < -0.3 is 9.64 Å². The number of nitrogens with zero attached hydrogens (tertiary/aromatic N) is 4. The van der Waals surface area contributed by atoms with Crippen LogP contribution < -0.4 is 0 Å². The van der Waals surface area contributed by atoms with Crippen molar-refractivity contribution in [3.8, 4) is 0 Å². The molecule has 1 aromatic heterocycles. The Bertz CT molecular complexity index is 869. The number of aryl methyl sites for hydroxylation is 2. The second-order valence-corrected chi connectivity index (χ2v) is 8.92. The van der Waals surface area contributed by atoms with Crippen LogP contribution in [0.15, 0.2) is 30.3 Å². The molecule has 0 spiro atoms. The third-order valence-electron chi connectivity index (χ3n) is 6.61. The molecule has 6 heteroatoms. The molecule has 0 bridgehead atoms. The maximum Gasteiger partial charge on any atom is 0.274 e. The van der Waals surface area contributed by atoms with Crippen LogP contribution in [-0.4, -0.2) is 64.9 Å². The molecule has 1 saturated heterocycles. The lowest BCUT2D eigenvalue weighted by atomic mass is 10.0. The van der Waals surface area contributed by atoms with E-state index in [-0.39, 0.29) is 5.91 Å². The summed E-state index contributed by atoms with van der Waals surface area (Å²) in [6, 6.07) is 10.6. The molecule has 0 N–H and O–H groups in total. The van der Waals surface area contributed by atoms with Crippen LogP contribution in [0.2, 0.25) is 0 Å². The summed E-state index contributed by atoms with van der Waals surface area (Å²) in [6.45, 7) is 6.58. The number of fused-ring (bicyclic) bond motifs is 1. The van der Waals surface area contributed by atoms with Crippen LogP contribution in [0, 0.1) is 5.92 Å². The van der Waals surface area contributed by atoms with E-state index in [9.17, 15) is 4.79 Å². The predicted octanol–water partition coefficient (Wildman–Crippen LogP) is 2.76. The van der Waals surface area contributed by atoms with Crippen molar-refractivity contribution in [1.29, 1.82) is 0 Å². The highest BCUT2D eigenvalue weighted by Crippen LogP contribution is 2.32. The Kier molecular flexibility index (Phi) is 5.86. The zero-order chi connectivity index (χ0) is 20.3. The molecule has 5 rings (SSSR count). The van der Waals surface area contributed by atoms with Crippen LogP contribution in [0.1, 0.15) is 46.6 Å². The number of hydrogen-bond acceptors (Lipinski definition) is 4. The standard InChI is InChI=1S/C24H32N4O2/c29-24(27-13-15-30-16-14-27)23-21-18-26(17-20-8-9-20)12-10-22(21)28(25-23)11-4-7-19-5-2-1-3-6-19/h1-3,5-6,20H,4,7-18H2. The number of carbonyl (C=O) groups is 1. The van der Waals surface area contributed by atoms with Crippen LogP contribution in [0.25, 0.3) is 0 Å². The molecule has 0 radical (unpaired) electrons. The van der Waals surface area contributed by atoms with Crippen molar-refractivity contribution in [3.05, 3.63) is 52.8 Å². The van der Waals surface area contributed by atoms with E-state index in [0.29, 0.717) is 32.0 Å². The lowest BCUT2D eigenvalue weighted by Crippen LogP contribution is -2.41. The molecular formula is C24H32N4O2. The van der Waals surface area contributed by atoms with E-state index in [1.165, 1.54) is 36.2 Å². The van der Waals surface area contributed by atoms with Gasteiger partial charge in [0, 0.05) is 56.9 Å². The first-order valence-corrected chi connectivity index (χ1v) is 11.5. The summed E-state index contributed by atoms with van der Waals surface area (Å²) in [4.78, 5) is 17.7. The van der Waals surface area contributed by atoms with Crippen molar-refractivity contribution >= 4 is 5.91 Å². The number of benzene rings is 1. The first-order valence-electron chi connectivity index (χ1n) is 11.5. The minimum Gasteiger partial charge on any atom is -0.378 e. The summed E-state index contributed by atoms with van der Waals surface area (Å²) in [5.41, 5.74) is 4.51. The lowest BCUT2D eigenvalue weighted by Gasteiger charge is -2.29. The van der Waals surface area contributed by atoms with Gasteiger partial charge in [-0.2, -0.15) is 5.10 Å². The van der Waals surface area contributed by atoms with Crippen LogP contribution in [0.3, 0.4) is 0 Å². The van der Waals surface area contributed by atoms with Crippen molar-refractivity contribution in [2.24, 2.45) is 5.92 Å². The average molecular weight is 409 g/mol. The Hall–Kier alpha value is -2.18. The van der Waals surface area contributed by atoms with Gasteiger partial charge in [0.1, 0.15) is 0 Å². The number of hydrogen-bond donors (Lipinski definition) is 0. The molecule has 160 valence electrons. The summed E-state index contributed by atoms with van der Waals surface area (Å²) in [6.07, 6.45) is 5.80. The van der Waals surface area contributed by atoms with Crippen LogP contribution >= 0.6 is 0 Å². The van der Waals surface area contributed by atoms with E-state index >= 15 is 0 Å². The fraction of sp³-hybridized carbons (Fsp3) is 0.583. The van der Waals surface area contributed by atoms with E-state index in [1.807, 2.05) is 4.90 Å². The molecule has 1 aliphatic carbocycles. The SMILES string of the molecule is O=C(c1nn(CCCc2ccccc2)c2c1CN(CC1CC1)CC2)N1CCOCC1. The number of ether oxygens (including phenoxy) is 1. The maximum absolute atomic E-state index is 13.3. The Morgan fingerprint density at radius 3 is 2.67 bits per heavy atom. The van der Waals surface area contributed by atoms with Gasteiger partial charge in [0.15, 0.2) is 5.69 Å². The Labute approximate surface area is 178 Å². The Balaban J connectivity index is 1.34. The molecule has 2 aliphatic heterocycles. The van der Waals surface area contributed by atoms with Gasteiger partial charge in [0.2, 0.25) is 0 Å². The van der Waals surface area contributed by atoms with Gasteiger partial charge in [0.05, 0.1) is 13.2 Å². The Morgan fingerprint density at radius 1 is 1.10 bits per heavy atom. The normalized spacial score (nSPS) is 19.7. The number of carbonyl (C=O) groups excluding carboxylic acids is 1. The van der Waals surface area contributed by atoms with Crippen molar-refractivity contribution in [2.45, 2.75) is 45.2 Å². The van der Waals surface area contributed by atoms with E-state index in [0.717, 1.165) is 44.8 Å². The number of morpholine rings is 1. The first-order chi connectivity index (χ1) is 14.8. The molecule has 0 atom stereocenters. The first kappa shape index (κ1) is 19.8. The van der Waals surface area contributed by atoms with Crippen LogP contribution in [-0.2, 0) is 30.7 Å². The quantitative estimate of drug-likeness (QED) is 0.707. The highest BCUT2D eigenvalue weighted by molar-refractivity contribution is 5.94. The highest BCUT2D eigenvalue weighted by atomic mass is 16.5. The van der Waals surface area contributed by atoms with Gasteiger partial charge in [0.25, 0.3) is 5.91 Å². The summed E-state index contributed by atoms with van der Waals surface area (Å²) in [7, 11) is 0. The van der Waals surface area contributed by atoms with Gasteiger partial charge in [-0.15, -0.1) is 0 Å². The fourth-order valence-electron chi connectivity index (χ4n) is 4.72. The minimum atomic E-state index is 0.0876. The summed E-state index contributed by atoms with van der Waals surface area (Å²) >= 11 is 0. The van der Waals surface area contributed by atoms with E-state index in [1.54, 1.807) is 0 Å². The topological polar surface area (TPSA) is 50.6 Å². The maximum atomic E-state index is 13.3. The molecule has 0 unspecified atom stereocenters. The molecule has 1 amide bonds. The van der Waals surface area contributed by atoms with Crippen LogP contribution in [0.4, 0.5) is 0 Å². The van der Waals surface area contributed by atoms with Crippen molar-refractivity contribution < 1.29 is 9.53 Å². The van der Waals surface area contributed by atoms with Gasteiger partial charge in [-0.05, 0) is 37.2 Å². The predicted molar refractivity (Wildman–Crippen MR) is 115 cm³/mol. The second kappa shape index (κ2) is 8.90. The second-order valence-electron chi connectivity index (χ2n) is 8.92. The highest BCUT2D eigenvalue weighted by Gasteiger charge is 2.33. The molecule has 3 aliphatic rings. The van der Waals surface area contributed by atoms with Crippen molar-refractivity contribution in [2.75, 3.05) is 39.4 Å². The molecular weight excluding hydrogens is 376 g/mol. The van der Waals surface area contributed by atoms with Gasteiger partial charge >= 0.3 is 0 Å². The van der Waals surface area contributed by atoms with Gasteiger partial charge in [-0.3, -0.25) is 14.4 Å². The average Bonchev–Trinajstić information content (AvgIpc) is 3.54. The zero-order valence-corrected chi connectivity index (χ0v) is 17.8. The lowest BCUT2D eigenvalue weighted by molar-refractivity contribution is 0.0297. The van der Waals surface area contributed by atoms with E-state index in [4.69, 9.17) is 9.84 Å². The third kappa shape index (κ3) is 4.44. The van der Waals surface area contributed by atoms with E-state index in [2.05, 4.69) is 39.9 Å². The summed E-state index contributed by atoms with van der Waals surface area (Å²) in [5.74, 6) is 0.954. The number of aromatic nitrogens is 2. The molecule has 1 saturated carbocycles. The molecule has 6 nitrogen and oxygen atoms in total. The molecule has 2 fully saturated rings. The molecule has 30 heavy (non-hydrogen) atoms. The summed E-state index contributed by atoms with van der Waals surface area (Å²) < 4.78 is 7.58. The van der Waals surface area contributed by atoms with Gasteiger partial charge in [-0.25, -0.2) is 0 Å². The monoisotopic (exact) mass is 408 g/mol.